The van der Waals surface area contributed by atoms with Crippen molar-refractivity contribution in [2.75, 3.05) is 13.7 Å². The second kappa shape index (κ2) is 3.15. The number of carbonyl (C=O) groups excluding carboxylic acids is 1. The van der Waals surface area contributed by atoms with Crippen molar-refractivity contribution in [3.63, 3.8) is 0 Å². The molecule has 0 unspecified atom stereocenters. The summed E-state index contributed by atoms with van der Waals surface area (Å²) in [5.41, 5.74) is 0. The lowest BCUT2D eigenvalue weighted by molar-refractivity contribution is -0.274. The van der Waals surface area contributed by atoms with Crippen LogP contribution in [0, 0.1) is 17.8 Å². The summed E-state index contributed by atoms with van der Waals surface area (Å²) in [5, 5.41) is 0. The first-order valence-corrected chi connectivity index (χ1v) is 6.09. The van der Waals surface area contributed by atoms with Crippen LogP contribution in [0.15, 0.2) is 10.6 Å². The smallest absolute Gasteiger partial charge is 0.237 e. The van der Waals surface area contributed by atoms with Crippen LogP contribution >= 0.6 is 15.9 Å². The molecule has 2 fully saturated rings. The molecule has 0 aromatic carbocycles. The van der Waals surface area contributed by atoms with Crippen molar-refractivity contribution < 1.29 is 14.3 Å². The molecule has 0 aromatic heterocycles. The molecule has 1 saturated heterocycles. The fraction of sp³-hybridized carbons (Fsp3) is 0.727. The van der Waals surface area contributed by atoms with Crippen LogP contribution in [0.5, 0.6) is 0 Å². The number of hydrogen-bond donors (Lipinski definition) is 0. The van der Waals surface area contributed by atoms with Gasteiger partial charge < -0.3 is 9.47 Å². The van der Waals surface area contributed by atoms with Gasteiger partial charge in [-0.2, -0.15) is 0 Å². The number of ether oxygens (including phenoxy) is 2. The van der Waals surface area contributed by atoms with E-state index in [2.05, 4.69) is 15.9 Å². The van der Waals surface area contributed by atoms with E-state index in [1.807, 2.05) is 6.08 Å². The first-order chi connectivity index (χ1) is 7.19. The number of allylic oxidation sites excluding steroid dienone is 1. The van der Waals surface area contributed by atoms with Gasteiger partial charge >= 0.3 is 0 Å². The van der Waals surface area contributed by atoms with E-state index in [9.17, 15) is 4.79 Å². The fourth-order valence-electron chi connectivity index (χ4n) is 3.23. The Kier molecular flexibility index (Phi) is 2.10. The molecule has 4 atom stereocenters. The molecule has 1 saturated carbocycles. The van der Waals surface area contributed by atoms with Crippen LogP contribution in [0.25, 0.3) is 0 Å². The van der Waals surface area contributed by atoms with Gasteiger partial charge in [-0.25, -0.2) is 0 Å². The molecule has 0 spiro atoms. The average Bonchev–Trinajstić information content (AvgIpc) is 2.25. The molecular formula is C11H13BrO3. The second-order valence-electron chi connectivity index (χ2n) is 4.50. The Morgan fingerprint density at radius 3 is 3.13 bits per heavy atom. The highest BCUT2D eigenvalue weighted by Crippen LogP contribution is 2.55. The molecule has 0 N–H and O–H groups in total. The monoisotopic (exact) mass is 272 g/mol. The Morgan fingerprint density at radius 2 is 2.47 bits per heavy atom. The normalized spacial score (nSPS) is 48.0. The third kappa shape index (κ3) is 1.10. The summed E-state index contributed by atoms with van der Waals surface area (Å²) in [5.74, 6) is -0.294. The zero-order valence-electron chi connectivity index (χ0n) is 8.53. The van der Waals surface area contributed by atoms with E-state index in [1.54, 1.807) is 7.11 Å². The zero-order chi connectivity index (χ0) is 10.6. The van der Waals surface area contributed by atoms with Gasteiger partial charge in [-0.05, 0) is 18.8 Å². The van der Waals surface area contributed by atoms with Gasteiger partial charge in [-0.15, -0.1) is 0 Å². The Balaban J connectivity index is 2.13. The van der Waals surface area contributed by atoms with Crippen LogP contribution in [-0.2, 0) is 14.3 Å². The summed E-state index contributed by atoms with van der Waals surface area (Å²) in [6.07, 6.45) is 4.02. The SMILES string of the molecule is CO[C@@]12OCC[C@@H]3C[C@@H](C=C(Br)[C@@H]31)C2=O. The van der Waals surface area contributed by atoms with Crippen LogP contribution in [0.2, 0.25) is 0 Å². The summed E-state index contributed by atoms with van der Waals surface area (Å²) >= 11 is 3.55. The second-order valence-corrected chi connectivity index (χ2v) is 5.42. The molecule has 4 heteroatoms. The predicted molar refractivity (Wildman–Crippen MR) is 57.4 cm³/mol. The maximum Gasteiger partial charge on any atom is 0.237 e. The molecule has 0 radical (unpaired) electrons. The highest BCUT2D eigenvalue weighted by Gasteiger charge is 2.62. The van der Waals surface area contributed by atoms with Gasteiger partial charge in [0.1, 0.15) is 0 Å². The van der Waals surface area contributed by atoms with Crippen molar-refractivity contribution in [2.45, 2.75) is 18.6 Å². The summed E-state index contributed by atoms with van der Waals surface area (Å²) in [7, 11) is 1.57. The van der Waals surface area contributed by atoms with Crippen LogP contribution < -0.4 is 0 Å². The summed E-state index contributed by atoms with van der Waals surface area (Å²) in [6, 6.07) is 0. The standard InChI is InChI=1S/C11H13BrO3/c1-14-11-9-6(2-3-15-11)4-7(10(11)13)5-8(9)12/h5-7,9H,2-4H2,1H3/t6-,7+,9-,11-/m1/s1. The van der Waals surface area contributed by atoms with Crippen LogP contribution in [0.4, 0.5) is 0 Å². The zero-order valence-corrected chi connectivity index (χ0v) is 10.1. The molecule has 1 heterocycles. The van der Waals surface area contributed by atoms with Crippen molar-refractivity contribution in [3.05, 3.63) is 10.6 Å². The van der Waals surface area contributed by atoms with Gasteiger partial charge in [0, 0.05) is 17.5 Å². The van der Waals surface area contributed by atoms with Crippen molar-refractivity contribution >= 4 is 21.7 Å². The van der Waals surface area contributed by atoms with Gasteiger partial charge in [0.15, 0.2) is 5.78 Å². The van der Waals surface area contributed by atoms with E-state index < -0.39 is 5.79 Å². The molecule has 3 aliphatic carbocycles. The van der Waals surface area contributed by atoms with Crippen LogP contribution in [0.1, 0.15) is 12.8 Å². The lowest BCUT2D eigenvalue weighted by Crippen LogP contribution is -2.63. The van der Waals surface area contributed by atoms with Crippen molar-refractivity contribution in [2.24, 2.45) is 17.8 Å². The summed E-state index contributed by atoms with van der Waals surface area (Å²) in [6.45, 7) is 0.633. The molecule has 4 aliphatic rings. The van der Waals surface area contributed by atoms with E-state index in [1.165, 1.54) is 0 Å². The number of Topliss-reactive ketones (excluding diaryl/α,β-unsaturated/α-hetero) is 1. The lowest BCUT2D eigenvalue weighted by atomic mass is 9.62. The fourth-order valence-corrected chi connectivity index (χ4v) is 4.23. The average molecular weight is 273 g/mol. The van der Waals surface area contributed by atoms with E-state index in [0.29, 0.717) is 12.5 Å². The van der Waals surface area contributed by atoms with Gasteiger partial charge in [0.25, 0.3) is 0 Å². The molecule has 82 valence electrons. The number of hydrogen-bond acceptors (Lipinski definition) is 3. The molecule has 3 nitrogen and oxygen atoms in total. The molecule has 1 aliphatic heterocycles. The third-order valence-corrected chi connectivity index (χ3v) is 4.64. The lowest BCUT2D eigenvalue weighted by Gasteiger charge is -2.53. The van der Waals surface area contributed by atoms with Gasteiger partial charge in [-0.1, -0.05) is 22.0 Å². The highest BCUT2D eigenvalue weighted by molar-refractivity contribution is 9.11. The number of rotatable bonds is 1. The Labute approximate surface area is 96.9 Å². The van der Waals surface area contributed by atoms with E-state index in [-0.39, 0.29) is 17.6 Å². The third-order valence-electron chi connectivity index (χ3n) is 3.88. The Morgan fingerprint density at radius 1 is 1.67 bits per heavy atom. The van der Waals surface area contributed by atoms with E-state index in [0.717, 1.165) is 17.3 Å². The first kappa shape index (κ1) is 10.00. The Bertz CT molecular complexity index is 352. The van der Waals surface area contributed by atoms with Gasteiger partial charge in [0.2, 0.25) is 5.79 Å². The summed E-state index contributed by atoms with van der Waals surface area (Å²) in [4.78, 5) is 12.2. The minimum atomic E-state index is -0.987. The van der Waals surface area contributed by atoms with Gasteiger partial charge in [-0.3, -0.25) is 4.79 Å². The number of methoxy groups -OCH3 is 1. The maximum atomic E-state index is 12.2. The van der Waals surface area contributed by atoms with Crippen molar-refractivity contribution in [3.8, 4) is 0 Å². The van der Waals surface area contributed by atoms with Crippen molar-refractivity contribution in [1.82, 2.24) is 0 Å². The molecule has 15 heavy (non-hydrogen) atoms. The number of carbonyl (C=O) groups is 1. The van der Waals surface area contributed by atoms with Crippen LogP contribution in [0.3, 0.4) is 0 Å². The number of ketones is 1. The molecule has 0 aromatic rings. The van der Waals surface area contributed by atoms with E-state index in [4.69, 9.17) is 9.47 Å². The molecule has 4 bridgehead atoms. The predicted octanol–water partition coefficient (Wildman–Crippen LogP) is 1.86. The quantitative estimate of drug-likeness (QED) is 0.731. The topological polar surface area (TPSA) is 35.5 Å². The maximum absolute atomic E-state index is 12.2. The highest BCUT2D eigenvalue weighted by atomic mass is 79.9. The Hall–Kier alpha value is -0.190. The largest absolute Gasteiger partial charge is 0.346 e. The minimum absolute atomic E-state index is 0.0189. The molecular weight excluding hydrogens is 260 g/mol. The molecule has 0 amide bonds. The number of halogens is 1. The van der Waals surface area contributed by atoms with E-state index >= 15 is 0 Å². The van der Waals surface area contributed by atoms with Gasteiger partial charge in [0.05, 0.1) is 12.5 Å². The first-order valence-electron chi connectivity index (χ1n) is 5.29. The minimum Gasteiger partial charge on any atom is -0.346 e. The molecule has 4 rings (SSSR count). The van der Waals surface area contributed by atoms with Crippen LogP contribution in [-0.4, -0.2) is 25.3 Å². The summed E-state index contributed by atoms with van der Waals surface area (Å²) < 4.78 is 12.2. The van der Waals surface area contributed by atoms with Crippen molar-refractivity contribution in [1.29, 1.82) is 0 Å².